The number of halogens is 1. The van der Waals surface area contributed by atoms with Gasteiger partial charge in [0, 0.05) is 6.04 Å². The molecule has 1 aliphatic carbocycles. The van der Waals surface area contributed by atoms with Crippen LogP contribution in [0.15, 0.2) is 18.2 Å². The van der Waals surface area contributed by atoms with Gasteiger partial charge in [0.25, 0.3) is 0 Å². The summed E-state index contributed by atoms with van der Waals surface area (Å²) >= 11 is 0. The van der Waals surface area contributed by atoms with Crippen molar-refractivity contribution in [1.29, 1.82) is 0 Å². The van der Waals surface area contributed by atoms with Gasteiger partial charge in [-0.1, -0.05) is 31.7 Å². The van der Waals surface area contributed by atoms with Crippen molar-refractivity contribution in [2.75, 3.05) is 7.05 Å². The molecule has 0 heterocycles. The summed E-state index contributed by atoms with van der Waals surface area (Å²) in [5, 5.41) is 3.45. The maximum atomic E-state index is 13.2. The molecule has 1 aromatic carbocycles. The third-order valence-corrected chi connectivity index (χ3v) is 4.25. The van der Waals surface area contributed by atoms with Gasteiger partial charge in [0.15, 0.2) is 0 Å². The molecule has 1 atom stereocenters. The first-order chi connectivity index (χ1) is 8.72. The molecule has 1 N–H and O–H groups in total. The Hall–Kier alpha value is -0.890. The molecule has 2 rings (SSSR count). The first-order valence-corrected chi connectivity index (χ1v) is 7.15. The van der Waals surface area contributed by atoms with E-state index in [4.69, 9.17) is 0 Å². The monoisotopic (exact) mass is 249 g/mol. The highest BCUT2D eigenvalue weighted by atomic mass is 19.1. The lowest BCUT2D eigenvalue weighted by Crippen LogP contribution is -2.25. The third-order valence-electron chi connectivity index (χ3n) is 4.25. The van der Waals surface area contributed by atoms with E-state index in [1.807, 2.05) is 20.0 Å². The molecule has 18 heavy (non-hydrogen) atoms. The lowest BCUT2D eigenvalue weighted by atomic mass is 9.85. The first kappa shape index (κ1) is 13.5. The van der Waals surface area contributed by atoms with Crippen molar-refractivity contribution in [3.05, 3.63) is 35.1 Å². The Morgan fingerprint density at radius 1 is 1.17 bits per heavy atom. The second-order valence-electron chi connectivity index (χ2n) is 5.52. The zero-order valence-corrected chi connectivity index (χ0v) is 11.5. The number of rotatable bonds is 3. The van der Waals surface area contributed by atoms with E-state index in [2.05, 4.69) is 5.32 Å². The molecule has 0 amide bonds. The smallest absolute Gasteiger partial charge is 0.123 e. The number of nitrogens with one attached hydrogen (secondary N) is 1. The van der Waals surface area contributed by atoms with Gasteiger partial charge in [-0.15, -0.1) is 0 Å². The van der Waals surface area contributed by atoms with Gasteiger partial charge in [0.2, 0.25) is 0 Å². The van der Waals surface area contributed by atoms with Crippen LogP contribution in [0.5, 0.6) is 0 Å². The molecule has 1 fully saturated rings. The van der Waals surface area contributed by atoms with Gasteiger partial charge in [-0.3, -0.25) is 0 Å². The van der Waals surface area contributed by atoms with E-state index in [-0.39, 0.29) is 5.82 Å². The summed E-state index contributed by atoms with van der Waals surface area (Å²) in [4.78, 5) is 0. The maximum absolute atomic E-state index is 13.2. The highest BCUT2D eigenvalue weighted by Gasteiger charge is 2.24. The summed E-state index contributed by atoms with van der Waals surface area (Å²) in [6.45, 7) is 2.01. The van der Waals surface area contributed by atoms with Crippen LogP contribution in [0.3, 0.4) is 0 Å². The minimum Gasteiger partial charge on any atom is -0.313 e. The van der Waals surface area contributed by atoms with Crippen LogP contribution in [0, 0.1) is 18.7 Å². The molecule has 0 radical (unpaired) electrons. The second kappa shape index (κ2) is 6.33. The van der Waals surface area contributed by atoms with Gasteiger partial charge in [-0.25, -0.2) is 4.39 Å². The zero-order valence-electron chi connectivity index (χ0n) is 11.5. The van der Waals surface area contributed by atoms with Crippen LogP contribution >= 0.6 is 0 Å². The molecule has 2 heteroatoms. The summed E-state index contributed by atoms with van der Waals surface area (Å²) in [6, 6.07) is 5.57. The van der Waals surface area contributed by atoms with Crippen molar-refractivity contribution >= 4 is 0 Å². The number of hydrogen-bond donors (Lipinski definition) is 1. The van der Waals surface area contributed by atoms with Crippen LogP contribution in [0.4, 0.5) is 4.39 Å². The Kier molecular flexibility index (Phi) is 4.76. The highest BCUT2D eigenvalue weighted by Crippen LogP contribution is 2.34. The Bertz CT molecular complexity index is 381. The summed E-state index contributed by atoms with van der Waals surface area (Å²) in [7, 11) is 2.03. The average Bonchev–Trinajstić information content (AvgIpc) is 2.62. The number of benzene rings is 1. The summed E-state index contributed by atoms with van der Waals surface area (Å²) in [5.74, 6) is 0.564. The lowest BCUT2D eigenvalue weighted by Gasteiger charge is -2.27. The van der Waals surface area contributed by atoms with E-state index in [0.717, 1.165) is 5.56 Å². The van der Waals surface area contributed by atoms with Crippen LogP contribution < -0.4 is 5.32 Å². The van der Waals surface area contributed by atoms with Crippen molar-refractivity contribution in [1.82, 2.24) is 5.32 Å². The molecule has 0 saturated heterocycles. The van der Waals surface area contributed by atoms with E-state index >= 15 is 0 Å². The van der Waals surface area contributed by atoms with E-state index in [0.29, 0.717) is 12.0 Å². The fraction of sp³-hybridized carbons (Fsp3) is 0.625. The van der Waals surface area contributed by atoms with Crippen LogP contribution in [0.2, 0.25) is 0 Å². The minimum absolute atomic E-state index is 0.132. The Morgan fingerprint density at radius 2 is 1.83 bits per heavy atom. The molecule has 0 bridgehead atoms. The quantitative estimate of drug-likeness (QED) is 0.785. The van der Waals surface area contributed by atoms with Crippen LogP contribution in [-0.4, -0.2) is 7.05 Å². The van der Waals surface area contributed by atoms with Crippen molar-refractivity contribution in [3.63, 3.8) is 0 Å². The molecule has 1 nitrogen and oxygen atoms in total. The predicted octanol–water partition coefficient (Wildman–Crippen LogP) is 4.37. The predicted molar refractivity (Wildman–Crippen MR) is 74.1 cm³/mol. The lowest BCUT2D eigenvalue weighted by molar-refractivity contribution is 0.340. The number of aryl methyl sites for hydroxylation is 1. The zero-order chi connectivity index (χ0) is 13.0. The van der Waals surface area contributed by atoms with Crippen LogP contribution in [0.1, 0.15) is 55.7 Å². The molecule has 0 aliphatic heterocycles. The van der Waals surface area contributed by atoms with Gasteiger partial charge in [0.05, 0.1) is 0 Å². The molecule has 0 spiro atoms. The van der Waals surface area contributed by atoms with Gasteiger partial charge >= 0.3 is 0 Å². The largest absolute Gasteiger partial charge is 0.313 e. The van der Waals surface area contributed by atoms with Gasteiger partial charge < -0.3 is 5.32 Å². The van der Waals surface area contributed by atoms with E-state index in [1.54, 1.807) is 12.1 Å². The standard InChI is InChI=1S/C16H24FN/c1-12-11-14(17)9-10-15(12)16(18-2)13-7-5-3-4-6-8-13/h9-11,13,16,18H,3-8H2,1-2H3. The van der Waals surface area contributed by atoms with E-state index in [1.165, 1.54) is 44.1 Å². The van der Waals surface area contributed by atoms with Crippen LogP contribution in [0.25, 0.3) is 0 Å². The fourth-order valence-electron chi connectivity index (χ4n) is 3.28. The Balaban J connectivity index is 2.20. The van der Waals surface area contributed by atoms with Gasteiger partial charge in [-0.05, 0) is 56.0 Å². The van der Waals surface area contributed by atoms with Crippen molar-refractivity contribution in [2.24, 2.45) is 5.92 Å². The molecule has 1 saturated carbocycles. The molecule has 1 unspecified atom stereocenters. The number of hydrogen-bond acceptors (Lipinski definition) is 1. The topological polar surface area (TPSA) is 12.0 Å². The second-order valence-corrected chi connectivity index (χ2v) is 5.52. The SMILES string of the molecule is CNC(c1ccc(F)cc1C)C1CCCCCC1. The highest BCUT2D eigenvalue weighted by molar-refractivity contribution is 5.30. The van der Waals surface area contributed by atoms with Crippen molar-refractivity contribution in [3.8, 4) is 0 Å². The Labute approximate surface area is 110 Å². The van der Waals surface area contributed by atoms with Crippen LogP contribution in [-0.2, 0) is 0 Å². The fourth-order valence-corrected chi connectivity index (χ4v) is 3.28. The van der Waals surface area contributed by atoms with Gasteiger partial charge in [-0.2, -0.15) is 0 Å². The summed E-state index contributed by atoms with van der Waals surface area (Å²) < 4.78 is 13.2. The minimum atomic E-state index is -0.132. The summed E-state index contributed by atoms with van der Waals surface area (Å²) in [6.07, 6.45) is 8.00. The maximum Gasteiger partial charge on any atom is 0.123 e. The molecule has 1 aromatic rings. The normalized spacial score (nSPS) is 19.5. The average molecular weight is 249 g/mol. The van der Waals surface area contributed by atoms with Gasteiger partial charge in [0.1, 0.15) is 5.82 Å². The molecular formula is C16H24FN. The molecular weight excluding hydrogens is 225 g/mol. The third kappa shape index (κ3) is 3.11. The summed E-state index contributed by atoms with van der Waals surface area (Å²) in [5.41, 5.74) is 2.34. The van der Waals surface area contributed by atoms with Crippen molar-refractivity contribution in [2.45, 2.75) is 51.5 Å². The molecule has 0 aromatic heterocycles. The first-order valence-electron chi connectivity index (χ1n) is 7.15. The van der Waals surface area contributed by atoms with E-state index < -0.39 is 0 Å². The molecule has 100 valence electrons. The van der Waals surface area contributed by atoms with Crippen molar-refractivity contribution < 1.29 is 4.39 Å². The molecule has 1 aliphatic rings. The Morgan fingerprint density at radius 3 is 2.39 bits per heavy atom. The van der Waals surface area contributed by atoms with E-state index in [9.17, 15) is 4.39 Å².